The number of aromatic nitrogens is 4. The molecule has 1 heterocycles. The highest BCUT2D eigenvalue weighted by Crippen LogP contribution is 2.16. The molecule has 7 nitrogen and oxygen atoms in total. The number of hydrogen-bond donors (Lipinski definition) is 1. The van der Waals surface area contributed by atoms with E-state index in [9.17, 15) is 4.79 Å². The van der Waals surface area contributed by atoms with Gasteiger partial charge >= 0.3 is 0 Å². The van der Waals surface area contributed by atoms with Crippen molar-refractivity contribution in [3.05, 3.63) is 29.3 Å². The van der Waals surface area contributed by atoms with Gasteiger partial charge < -0.3 is 10.1 Å². The molecule has 1 amide bonds. The van der Waals surface area contributed by atoms with Crippen molar-refractivity contribution in [3.63, 3.8) is 0 Å². The summed E-state index contributed by atoms with van der Waals surface area (Å²) >= 11 is 5.82. The molecule has 2 rings (SSSR count). The molecule has 0 saturated heterocycles. The van der Waals surface area contributed by atoms with Gasteiger partial charge in [0.1, 0.15) is 6.54 Å². The zero-order chi connectivity index (χ0) is 15.1. The maximum atomic E-state index is 11.7. The second kappa shape index (κ2) is 7.70. The minimum absolute atomic E-state index is 0.0353. The first-order chi connectivity index (χ1) is 10.2. The number of methoxy groups -OCH3 is 1. The fraction of sp³-hybridized carbons (Fsp3) is 0.385. The lowest BCUT2D eigenvalue weighted by atomic mass is 10.2. The summed E-state index contributed by atoms with van der Waals surface area (Å²) in [5.74, 6) is 0.296. The zero-order valence-electron chi connectivity index (χ0n) is 11.6. The third-order valence-corrected chi connectivity index (χ3v) is 2.94. The van der Waals surface area contributed by atoms with E-state index in [1.807, 2.05) is 0 Å². The predicted octanol–water partition coefficient (Wildman–Crippen LogP) is 1.15. The number of nitrogens with zero attached hydrogens (tertiary/aromatic N) is 4. The summed E-state index contributed by atoms with van der Waals surface area (Å²) in [6.07, 6.45) is 0.767. The van der Waals surface area contributed by atoms with Crippen LogP contribution in [0, 0.1) is 0 Å². The van der Waals surface area contributed by atoms with Crippen LogP contribution in [0.25, 0.3) is 11.4 Å². The SMILES string of the molecule is COCCCNC(=O)Cn1nnc(-c2ccc(Cl)cc2)n1. The molecular weight excluding hydrogens is 294 g/mol. The van der Waals surface area contributed by atoms with Crippen LogP contribution in [0.1, 0.15) is 6.42 Å². The number of rotatable bonds is 7. The van der Waals surface area contributed by atoms with Crippen LogP contribution in [0.4, 0.5) is 0 Å². The first-order valence-electron chi connectivity index (χ1n) is 6.48. The van der Waals surface area contributed by atoms with Crippen molar-refractivity contribution in [1.82, 2.24) is 25.5 Å². The third kappa shape index (κ3) is 4.80. The number of tetrazole rings is 1. The summed E-state index contributed by atoms with van der Waals surface area (Å²) in [6.45, 7) is 1.21. The average Bonchev–Trinajstić information content (AvgIpc) is 2.93. The van der Waals surface area contributed by atoms with Crippen molar-refractivity contribution >= 4 is 17.5 Å². The van der Waals surface area contributed by atoms with Crippen LogP contribution in [-0.2, 0) is 16.1 Å². The minimum Gasteiger partial charge on any atom is -0.385 e. The Hall–Kier alpha value is -1.99. The smallest absolute Gasteiger partial charge is 0.243 e. The van der Waals surface area contributed by atoms with Crippen molar-refractivity contribution < 1.29 is 9.53 Å². The summed E-state index contributed by atoms with van der Waals surface area (Å²) in [7, 11) is 1.62. The van der Waals surface area contributed by atoms with Gasteiger partial charge in [-0.1, -0.05) is 11.6 Å². The average molecular weight is 310 g/mol. The van der Waals surface area contributed by atoms with Crippen LogP contribution in [0.3, 0.4) is 0 Å². The number of carbonyl (C=O) groups excluding carboxylic acids is 1. The largest absolute Gasteiger partial charge is 0.385 e. The molecule has 0 spiro atoms. The second-order valence-corrected chi connectivity index (χ2v) is 4.78. The number of benzene rings is 1. The molecule has 0 radical (unpaired) electrons. The number of nitrogens with one attached hydrogen (secondary N) is 1. The standard InChI is InChI=1S/C13H16ClN5O2/c1-21-8-2-7-15-12(20)9-19-17-13(16-18-19)10-3-5-11(14)6-4-10/h3-6H,2,7-9H2,1H3,(H,15,20). The van der Waals surface area contributed by atoms with E-state index in [2.05, 4.69) is 20.7 Å². The Morgan fingerprint density at radius 3 is 2.86 bits per heavy atom. The van der Waals surface area contributed by atoms with E-state index in [1.54, 1.807) is 31.4 Å². The van der Waals surface area contributed by atoms with Crippen LogP contribution in [0.5, 0.6) is 0 Å². The molecule has 0 saturated carbocycles. The maximum absolute atomic E-state index is 11.7. The van der Waals surface area contributed by atoms with E-state index in [-0.39, 0.29) is 12.5 Å². The zero-order valence-corrected chi connectivity index (χ0v) is 12.4. The van der Waals surface area contributed by atoms with Gasteiger partial charge in [0.15, 0.2) is 0 Å². The van der Waals surface area contributed by atoms with Gasteiger partial charge in [-0.2, -0.15) is 4.80 Å². The highest BCUT2D eigenvalue weighted by molar-refractivity contribution is 6.30. The van der Waals surface area contributed by atoms with Crippen LogP contribution < -0.4 is 5.32 Å². The highest BCUT2D eigenvalue weighted by Gasteiger charge is 2.08. The molecule has 1 N–H and O–H groups in total. The van der Waals surface area contributed by atoms with E-state index in [1.165, 1.54) is 4.80 Å². The fourth-order valence-corrected chi connectivity index (χ4v) is 1.78. The van der Waals surface area contributed by atoms with Gasteiger partial charge in [-0.05, 0) is 35.9 Å². The molecule has 21 heavy (non-hydrogen) atoms. The Labute approximate surface area is 127 Å². The fourth-order valence-electron chi connectivity index (χ4n) is 1.65. The quantitative estimate of drug-likeness (QED) is 0.776. The summed E-state index contributed by atoms with van der Waals surface area (Å²) in [4.78, 5) is 12.9. The van der Waals surface area contributed by atoms with Gasteiger partial charge in [0, 0.05) is 30.8 Å². The monoisotopic (exact) mass is 309 g/mol. The topological polar surface area (TPSA) is 81.9 Å². The summed E-state index contributed by atoms with van der Waals surface area (Å²) in [5, 5.41) is 15.3. The van der Waals surface area contributed by atoms with E-state index >= 15 is 0 Å². The minimum atomic E-state index is -0.161. The summed E-state index contributed by atoms with van der Waals surface area (Å²) in [5.41, 5.74) is 0.797. The molecular formula is C13H16ClN5O2. The normalized spacial score (nSPS) is 10.6. The first kappa shape index (κ1) is 15.4. The molecule has 0 fully saturated rings. The van der Waals surface area contributed by atoms with Crippen LogP contribution in [0.2, 0.25) is 5.02 Å². The van der Waals surface area contributed by atoms with Crippen LogP contribution >= 0.6 is 11.6 Å². The molecule has 0 aliphatic heterocycles. The highest BCUT2D eigenvalue weighted by atomic mass is 35.5. The molecule has 0 unspecified atom stereocenters. The van der Waals surface area contributed by atoms with Gasteiger partial charge in [0.25, 0.3) is 0 Å². The number of halogens is 1. The summed E-state index contributed by atoms with van der Waals surface area (Å²) < 4.78 is 4.90. The Morgan fingerprint density at radius 2 is 2.14 bits per heavy atom. The van der Waals surface area contributed by atoms with E-state index in [0.717, 1.165) is 12.0 Å². The van der Waals surface area contributed by atoms with Crippen molar-refractivity contribution in [2.75, 3.05) is 20.3 Å². The molecule has 8 heteroatoms. The molecule has 0 aliphatic rings. The Morgan fingerprint density at radius 1 is 1.38 bits per heavy atom. The van der Waals surface area contributed by atoms with Gasteiger partial charge in [-0.3, -0.25) is 4.79 Å². The number of hydrogen-bond acceptors (Lipinski definition) is 5. The Balaban J connectivity index is 1.88. The first-order valence-corrected chi connectivity index (χ1v) is 6.86. The summed E-state index contributed by atoms with van der Waals surface area (Å²) in [6, 6.07) is 7.10. The van der Waals surface area contributed by atoms with E-state index in [4.69, 9.17) is 16.3 Å². The van der Waals surface area contributed by atoms with Crippen LogP contribution in [0.15, 0.2) is 24.3 Å². The van der Waals surface area contributed by atoms with E-state index in [0.29, 0.717) is 24.0 Å². The third-order valence-electron chi connectivity index (χ3n) is 2.69. The molecule has 0 bridgehead atoms. The Kier molecular flexibility index (Phi) is 5.65. The van der Waals surface area contributed by atoms with Gasteiger partial charge in [0.2, 0.25) is 11.7 Å². The molecule has 112 valence electrons. The van der Waals surface area contributed by atoms with Gasteiger partial charge in [0.05, 0.1) is 0 Å². The second-order valence-electron chi connectivity index (χ2n) is 4.35. The number of ether oxygens (including phenoxy) is 1. The molecule has 1 aromatic carbocycles. The van der Waals surface area contributed by atoms with Crippen molar-refractivity contribution in [2.45, 2.75) is 13.0 Å². The van der Waals surface area contributed by atoms with Crippen molar-refractivity contribution in [3.8, 4) is 11.4 Å². The maximum Gasteiger partial charge on any atom is 0.243 e. The predicted molar refractivity (Wildman–Crippen MR) is 77.8 cm³/mol. The van der Waals surface area contributed by atoms with Crippen molar-refractivity contribution in [2.24, 2.45) is 0 Å². The lowest BCUT2D eigenvalue weighted by Crippen LogP contribution is -2.29. The lowest BCUT2D eigenvalue weighted by Gasteiger charge is -2.03. The molecule has 0 atom stereocenters. The van der Waals surface area contributed by atoms with E-state index < -0.39 is 0 Å². The van der Waals surface area contributed by atoms with Gasteiger partial charge in [-0.15, -0.1) is 10.2 Å². The Bertz CT molecular complexity index is 585. The van der Waals surface area contributed by atoms with Crippen LogP contribution in [-0.4, -0.2) is 46.4 Å². The molecule has 2 aromatic rings. The van der Waals surface area contributed by atoms with Crippen molar-refractivity contribution in [1.29, 1.82) is 0 Å². The lowest BCUT2D eigenvalue weighted by molar-refractivity contribution is -0.122. The molecule has 0 aliphatic carbocycles. The van der Waals surface area contributed by atoms with Gasteiger partial charge in [-0.25, -0.2) is 0 Å². The number of carbonyl (C=O) groups is 1. The molecule has 1 aromatic heterocycles. The number of amides is 1.